The lowest BCUT2D eigenvalue weighted by Crippen LogP contribution is -1.93. The van der Waals surface area contributed by atoms with E-state index in [1.54, 1.807) is 7.11 Å². The van der Waals surface area contributed by atoms with Crippen LogP contribution in [-0.4, -0.2) is 12.2 Å². The first-order valence-corrected chi connectivity index (χ1v) is 6.14. The van der Waals surface area contributed by atoms with E-state index in [4.69, 9.17) is 4.74 Å². The molecule has 0 aliphatic rings. The molecule has 1 atom stereocenters. The number of ether oxygens (including phenoxy) is 1. The summed E-state index contributed by atoms with van der Waals surface area (Å²) in [6.07, 6.45) is -0.104. The van der Waals surface area contributed by atoms with Crippen molar-refractivity contribution in [1.29, 1.82) is 0 Å². The third-order valence-electron chi connectivity index (χ3n) is 2.81. The van der Waals surface area contributed by atoms with Gasteiger partial charge in [-0.1, -0.05) is 54.3 Å². The summed E-state index contributed by atoms with van der Waals surface area (Å²) in [7, 11) is 1.64. The van der Waals surface area contributed by atoms with Gasteiger partial charge in [0.1, 0.15) is 11.9 Å². The molecule has 2 heteroatoms. The van der Waals surface area contributed by atoms with Gasteiger partial charge in [0.2, 0.25) is 0 Å². The lowest BCUT2D eigenvalue weighted by molar-refractivity contribution is 0.238. The number of rotatable bonds is 3. The summed E-state index contributed by atoms with van der Waals surface area (Å²) >= 11 is 0. The molecule has 0 radical (unpaired) electrons. The molecule has 96 valence electrons. The summed E-state index contributed by atoms with van der Waals surface area (Å²) in [5, 5.41) is 9.89. The molecule has 0 saturated heterocycles. The molecule has 0 bridgehead atoms. The van der Waals surface area contributed by atoms with Crippen LogP contribution in [0.2, 0.25) is 0 Å². The predicted octanol–water partition coefficient (Wildman–Crippen LogP) is 2.97. The molecular weight excluding hydrogens is 236 g/mol. The van der Waals surface area contributed by atoms with Crippen molar-refractivity contribution < 1.29 is 9.84 Å². The zero-order chi connectivity index (χ0) is 13.5. The lowest BCUT2D eigenvalue weighted by atomic mass is 10.1. The van der Waals surface area contributed by atoms with Crippen LogP contribution in [0.5, 0.6) is 5.75 Å². The molecule has 0 aromatic heterocycles. The van der Waals surface area contributed by atoms with Crippen LogP contribution in [0.4, 0.5) is 0 Å². The molecular formula is C17H16O2. The van der Waals surface area contributed by atoms with Gasteiger partial charge >= 0.3 is 0 Å². The van der Waals surface area contributed by atoms with E-state index in [1.807, 2.05) is 54.6 Å². The van der Waals surface area contributed by atoms with E-state index in [-0.39, 0.29) is 0 Å². The Morgan fingerprint density at radius 2 is 1.74 bits per heavy atom. The highest BCUT2D eigenvalue weighted by atomic mass is 16.5. The summed E-state index contributed by atoms with van der Waals surface area (Å²) in [6.45, 7) is 0. The fourth-order valence-corrected chi connectivity index (χ4v) is 1.71. The minimum absolute atomic E-state index is 0.619. The maximum absolute atomic E-state index is 9.89. The summed E-state index contributed by atoms with van der Waals surface area (Å²) in [5.41, 5.74) is 1.93. The van der Waals surface area contributed by atoms with Crippen LogP contribution in [0.15, 0.2) is 54.6 Å². The molecule has 2 aromatic carbocycles. The minimum atomic E-state index is -0.723. The van der Waals surface area contributed by atoms with Gasteiger partial charge in [0.25, 0.3) is 0 Å². The molecule has 1 N–H and O–H groups in total. The Morgan fingerprint density at radius 3 is 2.37 bits per heavy atom. The Bertz CT molecular complexity index is 562. The van der Waals surface area contributed by atoms with E-state index in [0.717, 1.165) is 16.9 Å². The van der Waals surface area contributed by atoms with Crippen molar-refractivity contribution in [3.8, 4) is 17.6 Å². The van der Waals surface area contributed by atoms with Crippen molar-refractivity contribution in [2.45, 2.75) is 12.5 Å². The normalized spacial score (nSPS) is 11.3. The van der Waals surface area contributed by atoms with Crippen LogP contribution >= 0.6 is 0 Å². The van der Waals surface area contributed by atoms with Crippen molar-refractivity contribution in [2.24, 2.45) is 0 Å². The summed E-state index contributed by atoms with van der Waals surface area (Å²) in [6, 6.07) is 17.2. The van der Waals surface area contributed by atoms with Gasteiger partial charge in [-0.05, 0) is 23.3 Å². The van der Waals surface area contributed by atoms with Gasteiger partial charge in [-0.15, -0.1) is 0 Å². The second-order valence-corrected chi connectivity index (χ2v) is 4.16. The summed E-state index contributed by atoms with van der Waals surface area (Å²) in [5.74, 6) is 6.68. The van der Waals surface area contributed by atoms with E-state index < -0.39 is 6.10 Å². The number of aliphatic hydroxyl groups is 1. The Kier molecular flexibility index (Phi) is 4.60. The van der Waals surface area contributed by atoms with Crippen molar-refractivity contribution >= 4 is 0 Å². The maximum atomic E-state index is 9.89. The smallest absolute Gasteiger partial charge is 0.140 e. The quantitative estimate of drug-likeness (QED) is 0.851. The molecule has 2 nitrogen and oxygen atoms in total. The van der Waals surface area contributed by atoms with Crippen molar-refractivity contribution in [3.05, 3.63) is 65.7 Å². The van der Waals surface area contributed by atoms with Gasteiger partial charge in [-0.3, -0.25) is 0 Å². The largest absolute Gasteiger partial charge is 0.497 e. The molecule has 0 amide bonds. The highest BCUT2D eigenvalue weighted by Gasteiger charge is 2.00. The first-order chi connectivity index (χ1) is 9.29. The van der Waals surface area contributed by atoms with E-state index in [2.05, 4.69) is 11.8 Å². The average molecular weight is 252 g/mol. The van der Waals surface area contributed by atoms with Gasteiger partial charge in [-0.2, -0.15) is 0 Å². The zero-order valence-corrected chi connectivity index (χ0v) is 10.8. The molecule has 2 rings (SSSR count). The molecule has 0 fully saturated rings. The molecule has 1 unspecified atom stereocenters. The predicted molar refractivity (Wildman–Crippen MR) is 75.9 cm³/mol. The van der Waals surface area contributed by atoms with E-state index >= 15 is 0 Å². The van der Waals surface area contributed by atoms with Crippen LogP contribution in [0, 0.1) is 11.8 Å². The van der Waals surface area contributed by atoms with E-state index in [1.165, 1.54) is 0 Å². The monoisotopic (exact) mass is 252 g/mol. The minimum Gasteiger partial charge on any atom is -0.497 e. The second kappa shape index (κ2) is 6.63. The summed E-state index contributed by atoms with van der Waals surface area (Å²) in [4.78, 5) is 0. The highest BCUT2D eigenvalue weighted by molar-refractivity contribution is 5.31. The molecule has 0 heterocycles. The Balaban J connectivity index is 1.97. The third kappa shape index (κ3) is 3.87. The van der Waals surface area contributed by atoms with Crippen LogP contribution < -0.4 is 4.74 Å². The molecule has 0 spiro atoms. The van der Waals surface area contributed by atoms with Crippen LogP contribution in [0.1, 0.15) is 17.2 Å². The van der Waals surface area contributed by atoms with Gasteiger partial charge < -0.3 is 9.84 Å². The van der Waals surface area contributed by atoms with Crippen molar-refractivity contribution in [2.75, 3.05) is 7.11 Å². The maximum Gasteiger partial charge on any atom is 0.140 e. The van der Waals surface area contributed by atoms with Gasteiger partial charge in [0.05, 0.1) is 7.11 Å². The van der Waals surface area contributed by atoms with Crippen molar-refractivity contribution in [3.63, 3.8) is 0 Å². The molecule has 0 saturated carbocycles. The van der Waals surface area contributed by atoms with Gasteiger partial charge in [0.15, 0.2) is 0 Å². The van der Waals surface area contributed by atoms with Gasteiger partial charge in [-0.25, -0.2) is 0 Å². The fraction of sp³-hybridized carbons (Fsp3) is 0.176. The van der Waals surface area contributed by atoms with Crippen molar-refractivity contribution in [1.82, 2.24) is 0 Å². The van der Waals surface area contributed by atoms with Gasteiger partial charge in [0, 0.05) is 6.42 Å². The second-order valence-electron chi connectivity index (χ2n) is 4.16. The zero-order valence-electron chi connectivity index (χ0n) is 10.8. The average Bonchev–Trinajstić information content (AvgIpc) is 2.49. The summed E-state index contributed by atoms with van der Waals surface area (Å²) < 4.78 is 5.09. The molecule has 2 aromatic rings. The molecule has 0 aliphatic heterocycles. The number of benzene rings is 2. The highest BCUT2D eigenvalue weighted by Crippen LogP contribution is 2.12. The lowest BCUT2D eigenvalue weighted by Gasteiger charge is -2.02. The first-order valence-electron chi connectivity index (χ1n) is 6.14. The van der Waals surface area contributed by atoms with Crippen LogP contribution in [0.3, 0.4) is 0 Å². The first kappa shape index (κ1) is 13.2. The Morgan fingerprint density at radius 1 is 1.05 bits per heavy atom. The molecule has 0 aliphatic carbocycles. The SMILES string of the molecule is COc1ccc(CC#CC(O)c2ccccc2)cc1. The van der Waals surface area contributed by atoms with E-state index in [0.29, 0.717) is 6.42 Å². The van der Waals surface area contributed by atoms with E-state index in [9.17, 15) is 5.11 Å². The number of hydrogen-bond acceptors (Lipinski definition) is 2. The number of aliphatic hydroxyl groups excluding tert-OH is 1. The van der Waals surface area contributed by atoms with Crippen LogP contribution in [-0.2, 0) is 6.42 Å². The standard InChI is InChI=1S/C17H16O2/c1-19-16-12-10-14(11-13-16)6-5-9-17(18)15-7-3-2-4-8-15/h2-4,7-8,10-13,17-18H,6H2,1H3. The Hall–Kier alpha value is -2.24. The third-order valence-corrected chi connectivity index (χ3v) is 2.81. The Labute approximate surface area is 113 Å². The topological polar surface area (TPSA) is 29.5 Å². The number of methoxy groups -OCH3 is 1. The molecule has 19 heavy (non-hydrogen) atoms. The van der Waals surface area contributed by atoms with Crippen LogP contribution in [0.25, 0.3) is 0 Å². The fourth-order valence-electron chi connectivity index (χ4n) is 1.71. The number of hydrogen-bond donors (Lipinski definition) is 1.